The van der Waals surface area contributed by atoms with E-state index in [1.54, 1.807) is 7.11 Å². The molecule has 3 rings (SSSR count). The number of hydrogen-bond donors (Lipinski definition) is 0. The molecule has 0 saturated carbocycles. The maximum absolute atomic E-state index is 12.7. The van der Waals surface area contributed by atoms with Crippen molar-refractivity contribution >= 4 is 5.78 Å². The molecule has 19 heavy (non-hydrogen) atoms. The first kappa shape index (κ1) is 12.0. The van der Waals surface area contributed by atoms with Crippen molar-refractivity contribution < 1.29 is 9.53 Å². The quantitative estimate of drug-likeness (QED) is 0.819. The van der Waals surface area contributed by atoms with Crippen LogP contribution in [-0.2, 0) is 11.8 Å². The second-order valence-electron chi connectivity index (χ2n) is 5.23. The van der Waals surface area contributed by atoms with Gasteiger partial charge in [0.15, 0.2) is 5.78 Å². The molecule has 0 saturated heterocycles. The van der Waals surface area contributed by atoms with Gasteiger partial charge in [-0.05, 0) is 36.6 Å². The molecule has 2 heteroatoms. The van der Waals surface area contributed by atoms with Gasteiger partial charge < -0.3 is 4.74 Å². The minimum Gasteiger partial charge on any atom is -0.497 e. The first-order chi connectivity index (χ1) is 9.15. The molecular weight excluding hydrogens is 236 g/mol. The Morgan fingerprint density at radius 2 is 1.89 bits per heavy atom. The van der Waals surface area contributed by atoms with Gasteiger partial charge in [0.2, 0.25) is 0 Å². The van der Waals surface area contributed by atoms with Crippen LogP contribution in [0.1, 0.15) is 28.4 Å². The van der Waals surface area contributed by atoms with Crippen molar-refractivity contribution in [1.29, 1.82) is 0 Å². The number of benzene rings is 2. The molecule has 1 aliphatic rings. The van der Waals surface area contributed by atoms with Crippen LogP contribution in [0.25, 0.3) is 0 Å². The molecule has 0 fully saturated rings. The molecule has 1 atom stereocenters. The third-order valence-electron chi connectivity index (χ3n) is 4.01. The Morgan fingerprint density at radius 3 is 2.63 bits per heavy atom. The summed E-state index contributed by atoms with van der Waals surface area (Å²) in [5.74, 6) is 0.999. The molecule has 0 bridgehead atoms. The molecule has 0 unspecified atom stereocenters. The predicted octanol–water partition coefficient (Wildman–Crippen LogP) is 3.39. The molecule has 0 spiro atoms. The van der Waals surface area contributed by atoms with E-state index in [0.717, 1.165) is 28.9 Å². The van der Waals surface area contributed by atoms with Crippen LogP contribution in [0.4, 0.5) is 0 Å². The van der Waals surface area contributed by atoms with E-state index in [1.807, 2.05) is 55.5 Å². The summed E-state index contributed by atoms with van der Waals surface area (Å²) in [6, 6.07) is 15.7. The Labute approximate surface area is 113 Å². The smallest absolute Gasteiger partial charge is 0.173 e. The molecule has 2 aromatic carbocycles. The minimum atomic E-state index is -0.474. The van der Waals surface area contributed by atoms with Crippen LogP contribution in [0.5, 0.6) is 5.75 Å². The van der Waals surface area contributed by atoms with Crippen LogP contribution >= 0.6 is 0 Å². The number of fused-ring (bicyclic) bond motifs is 1. The fourth-order valence-electron chi connectivity index (χ4n) is 2.85. The van der Waals surface area contributed by atoms with Gasteiger partial charge >= 0.3 is 0 Å². The standard InChI is InChI=1S/C17H16O2/c1-17(13-7-5-8-14(10-13)19-2)11-12-6-3-4-9-15(12)16(17)18/h3-10H,11H2,1-2H3/t17-/m0/s1. The summed E-state index contributed by atoms with van der Waals surface area (Å²) >= 11 is 0. The van der Waals surface area contributed by atoms with Crippen LogP contribution in [0.2, 0.25) is 0 Å². The molecule has 0 heterocycles. The molecule has 2 aromatic rings. The van der Waals surface area contributed by atoms with Crippen LogP contribution in [0, 0.1) is 0 Å². The topological polar surface area (TPSA) is 26.3 Å². The average molecular weight is 252 g/mol. The van der Waals surface area contributed by atoms with Crippen molar-refractivity contribution in [3.8, 4) is 5.75 Å². The van der Waals surface area contributed by atoms with E-state index in [1.165, 1.54) is 0 Å². The van der Waals surface area contributed by atoms with E-state index in [9.17, 15) is 4.79 Å². The van der Waals surface area contributed by atoms with Crippen LogP contribution < -0.4 is 4.74 Å². The maximum atomic E-state index is 12.7. The summed E-state index contributed by atoms with van der Waals surface area (Å²) in [6.45, 7) is 2.02. The molecule has 0 amide bonds. The largest absolute Gasteiger partial charge is 0.497 e. The zero-order valence-corrected chi connectivity index (χ0v) is 11.1. The highest BCUT2D eigenvalue weighted by Gasteiger charge is 2.42. The highest BCUT2D eigenvalue weighted by atomic mass is 16.5. The lowest BCUT2D eigenvalue weighted by molar-refractivity contribution is 0.0915. The first-order valence-corrected chi connectivity index (χ1v) is 6.42. The van der Waals surface area contributed by atoms with Gasteiger partial charge in [0, 0.05) is 5.56 Å². The number of rotatable bonds is 2. The number of methoxy groups -OCH3 is 1. The summed E-state index contributed by atoms with van der Waals surface area (Å²) in [4.78, 5) is 12.7. The number of carbonyl (C=O) groups is 1. The summed E-state index contributed by atoms with van der Waals surface area (Å²) in [7, 11) is 1.65. The normalized spacial score (nSPS) is 21.3. The van der Waals surface area contributed by atoms with E-state index in [0.29, 0.717) is 0 Å². The lowest BCUT2D eigenvalue weighted by Crippen LogP contribution is -2.29. The third-order valence-corrected chi connectivity index (χ3v) is 4.01. The molecule has 0 aromatic heterocycles. The molecule has 0 N–H and O–H groups in total. The van der Waals surface area contributed by atoms with E-state index in [-0.39, 0.29) is 5.78 Å². The van der Waals surface area contributed by atoms with E-state index in [2.05, 4.69) is 0 Å². The number of Topliss-reactive ketones (excluding diaryl/α,β-unsaturated/α-hetero) is 1. The Bertz CT molecular complexity index is 645. The van der Waals surface area contributed by atoms with Crippen LogP contribution in [-0.4, -0.2) is 12.9 Å². The summed E-state index contributed by atoms with van der Waals surface area (Å²) in [6.07, 6.45) is 0.759. The second kappa shape index (κ2) is 4.23. The Hall–Kier alpha value is -2.09. The highest BCUT2D eigenvalue weighted by molar-refractivity contribution is 6.08. The molecule has 96 valence electrons. The van der Waals surface area contributed by atoms with E-state index in [4.69, 9.17) is 4.74 Å². The molecule has 0 radical (unpaired) electrons. The zero-order chi connectivity index (χ0) is 13.5. The van der Waals surface area contributed by atoms with Crippen molar-refractivity contribution in [1.82, 2.24) is 0 Å². The summed E-state index contributed by atoms with van der Waals surface area (Å²) in [5.41, 5.74) is 2.54. The van der Waals surface area contributed by atoms with Gasteiger partial charge in [-0.15, -0.1) is 0 Å². The van der Waals surface area contributed by atoms with Crippen molar-refractivity contribution in [2.45, 2.75) is 18.8 Å². The lowest BCUT2D eigenvalue weighted by atomic mass is 9.79. The van der Waals surface area contributed by atoms with Crippen LogP contribution in [0.3, 0.4) is 0 Å². The monoisotopic (exact) mass is 252 g/mol. The molecule has 0 aliphatic heterocycles. The number of ketones is 1. The summed E-state index contributed by atoms with van der Waals surface area (Å²) in [5, 5.41) is 0. The minimum absolute atomic E-state index is 0.205. The Kier molecular flexibility index (Phi) is 2.67. The molecular formula is C17H16O2. The Balaban J connectivity index is 2.08. The van der Waals surface area contributed by atoms with E-state index < -0.39 is 5.41 Å². The third kappa shape index (κ3) is 1.75. The average Bonchev–Trinajstić information content (AvgIpc) is 2.72. The van der Waals surface area contributed by atoms with E-state index >= 15 is 0 Å². The SMILES string of the molecule is COc1cccc([C@]2(C)Cc3ccccc3C2=O)c1. The number of ether oxygens (including phenoxy) is 1. The predicted molar refractivity (Wildman–Crippen MR) is 74.8 cm³/mol. The first-order valence-electron chi connectivity index (χ1n) is 6.42. The Morgan fingerprint density at radius 1 is 1.11 bits per heavy atom. The van der Waals surface area contributed by atoms with Crippen LogP contribution in [0.15, 0.2) is 48.5 Å². The number of carbonyl (C=O) groups excluding carboxylic acids is 1. The van der Waals surface area contributed by atoms with Crippen molar-refractivity contribution in [2.75, 3.05) is 7.11 Å². The molecule has 2 nitrogen and oxygen atoms in total. The molecule has 1 aliphatic carbocycles. The second-order valence-corrected chi connectivity index (χ2v) is 5.23. The fraction of sp³-hybridized carbons (Fsp3) is 0.235. The van der Waals surface area contributed by atoms with Gasteiger partial charge in [0.25, 0.3) is 0 Å². The van der Waals surface area contributed by atoms with Gasteiger partial charge in [-0.3, -0.25) is 4.79 Å². The van der Waals surface area contributed by atoms with Gasteiger partial charge in [-0.1, -0.05) is 36.4 Å². The number of hydrogen-bond acceptors (Lipinski definition) is 2. The van der Waals surface area contributed by atoms with Gasteiger partial charge in [-0.2, -0.15) is 0 Å². The van der Waals surface area contributed by atoms with Crippen molar-refractivity contribution in [3.05, 3.63) is 65.2 Å². The van der Waals surface area contributed by atoms with Gasteiger partial charge in [0.05, 0.1) is 12.5 Å². The van der Waals surface area contributed by atoms with Crippen molar-refractivity contribution in [2.24, 2.45) is 0 Å². The maximum Gasteiger partial charge on any atom is 0.173 e. The summed E-state index contributed by atoms with van der Waals surface area (Å²) < 4.78 is 5.26. The van der Waals surface area contributed by atoms with Gasteiger partial charge in [0.1, 0.15) is 5.75 Å². The fourth-order valence-corrected chi connectivity index (χ4v) is 2.85. The van der Waals surface area contributed by atoms with Crippen molar-refractivity contribution in [3.63, 3.8) is 0 Å². The van der Waals surface area contributed by atoms with Gasteiger partial charge in [-0.25, -0.2) is 0 Å². The highest BCUT2D eigenvalue weighted by Crippen LogP contribution is 2.40. The zero-order valence-electron chi connectivity index (χ0n) is 11.1. The lowest BCUT2D eigenvalue weighted by Gasteiger charge is -2.23.